The molecule has 0 aliphatic carbocycles. The van der Waals surface area contributed by atoms with Gasteiger partial charge in [0.25, 0.3) is 0 Å². The second kappa shape index (κ2) is 6.78. The molecule has 0 bridgehead atoms. The minimum Gasteiger partial charge on any atom is -0.381 e. The first-order valence-electron chi connectivity index (χ1n) is 5.97. The third-order valence-corrected chi connectivity index (χ3v) is 5.17. The largest absolute Gasteiger partial charge is 0.381 e. The van der Waals surface area contributed by atoms with Gasteiger partial charge in [0, 0.05) is 34.4 Å². The summed E-state index contributed by atoms with van der Waals surface area (Å²) in [7, 11) is 1.97. The molecule has 1 saturated heterocycles. The van der Waals surface area contributed by atoms with Crippen LogP contribution < -0.4 is 5.32 Å². The van der Waals surface area contributed by atoms with Gasteiger partial charge in [0.1, 0.15) is 0 Å². The maximum absolute atomic E-state index is 5.39. The fourth-order valence-corrected chi connectivity index (χ4v) is 3.74. The van der Waals surface area contributed by atoms with E-state index in [1.54, 1.807) is 0 Å². The zero-order chi connectivity index (χ0) is 12.1. The Kier molecular flexibility index (Phi) is 5.35. The van der Waals surface area contributed by atoms with Crippen LogP contribution in [0, 0.1) is 0 Å². The van der Waals surface area contributed by atoms with Crippen LogP contribution in [0.3, 0.4) is 0 Å². The zero-order valence-corrected chi connectivity index (χ0v) is 12.4. The van der Waals surface area contributed by atoms with Crippen molar-refractivity contribution in [1.29, 1.82) is 0 Å². The third kappa shape index (κ3) is 3.98. The fraction of sp³-hybridized carbons (Fsp3) is 0.538. The molecule has 0 aromatic heterocycles. The van der Waals surface area contributed by atoms with Gasteiger partial charge >= 0.3 is 0 Å². The third-order valence-electron chi connectivity index (χ3n) is 2.84. The predicted octanol–water partition coefficient (Wildman–Crippen LogP) is 3.44. The monoisotopic (exact) mass is 315 g/mol. The number of rotatable bonds is 4. The van der Waals surface area contributed by atoms with E-state index in [1.807, 2.05) is 18.8 Å². The van der Waals surface area contributed by atoms with Crippen LogP contribution in [0.1, 0.15) is 18.4 Å². The molecule has 1 heterocycles. The smallest absolute Gasteiger partial charge is 0.0476 e. The molecule has 2 rings (SSSR count). The van der Waals surface area contributed by atoms with Gasteiger partial charge < -0.3 is 10.1 Å². The van der Waals surface area contributed by atoms with E-state index in [-0.39, 0.29) is 0 Å². The van der Waals surface area contributed by atoms with E-state index in [0.717, 1.165) is 32.6 Å². The quantitative estimate of drug-likeness (QED) is 0.919. The van der Waals surface area contributed by atoms with Crippen molar-refractivity contribution in [3.63, 3.8) is 0 Å². The van der Waals surface area contributed by atoms with Gasteiger partial charge in [0.2, 0.25) is 0 Å². The van der Waals surface area contributed by atoms with Gasteiger partial charge in [-0.05, 0) is 53.5 Å². The van der Waals surface area contributed by atoms with E-state index in [0.29, 0.717) is 5.25 Å². The van der Waals surface area contributed by atoms with Crippen molar-refractivity contribution < 1.29 is 4.74 Å². The van der Waals surface area contributed by atoms with Gasteiger partial charge in [-0.15, -0.1) is 11.8 Å². The Morgan fingerprint density at radius 2 is 2.18 bits per heavy atom. The first kappa shape index (κ1) is 13.4. The van der Waals surface area contributed by atoms with Gasteiger partial charge in [-0.2, -0.15) is 0 Å². The lowest BCUT2D eigenvalue weighted by atomic mass is 10.2. The maximum Gasteiger partial charge on any atom is 0.0476 e. The molecular weight excluding hydrogens is 298 g/mol. The molecule has 4 heteroatoms. The lowest BCUT2D eigenvalue weighted by Crippen LogP contribution is -2.17. The van der Waals surface area contributed by atoms with Crippen LogP contribution in [0.4, 0.5) is 0 Å². The molecule has 0 unspecified atom stereocenters. The highest BCUT2D eigenvalue weighted by atomic mass is 79.9. The number of hydrogen-bond acceptors (Lipinski definition) is 3. The average molecular weight is 316 g/mol. The Bertz CT molecular complexity index is 366. The van der Waals surface area contributed by atoms with Crippen molar-refractivity contribution in [1.82, 2.24) is 5.32 Å². The fourth-order valence-electron chi connectivity index (χ4n) is 1.93. The van der Waals surface area contributed by atoms with Crippen molar-refractivity contribution in [2.45, 2.75) is 29.5 Å². The average Bonchev–Trinajstić information content (AvgIpc) is 2.34. The van der Waals surface area contributed by atoms with Crippen LogP contribution in [-0.2, 0) is 11.3 Å². The Labute approximate surface area is 116 Å². The number of halogens is 1. The molecule has 94 valence electrons. The summed E-state index contributed by atoms with van der Waals surface area (Å²) in [6, 6.07) is 6.62. The normalized spacial score (nSPS) is 17.3. The second-order valence-corrected chi connectivity index (χ2v) is 6.42. The topological polar surface area (TPSA) is 21.3 Å². The molecule has 1 N–H and O–H groups in total. The van der Waals surface area contributed by atoms with Gasteiger partial charge in [-0.1, -0.05) is 6.07 Å². The zero-order valence-electron chi connectivity index (χ0n) is 10.0. The lowest BCUT2D eigenvalue weighted by Gasteiger charge is -2.22. The van der Waals surface area contributed by atoms with E-state index < -0.39 is 0 Å². The number of benzene rings is 1. The van der Waals surface area contributed by atoms with Crippen LogP contribution in [0.25, 0.3) is 0 Å². The highest BCUT2D eigenvalue weighted by Gasteiger charge is 2.16. The van der Waals surface area contributed by atoms with E-state index in [1.165, 1.54) is 14.9 Å². The Morgan fingerprint density at radius 1 is 1.41 bits per heavy atom. The molecule has 0 spiro atoms. The SMILES string of the molecule is CNCc1ccc(SC2CCOCC2)c(Br)c1. The summed E-state index contributed by atoms with van der Waals surface area (Å²) in [5.41, 5.74) is 1.32. The molecule has 1 aromatic rings. The van der Waals surface area contributed by atoms with Crippen LogP contribution in [-0.4, -0.2) is 25.5 Å². The van der Waals surface area contributed by atoms with Gasteiger partial charge in [0.15, 0.2) is 0 Å². The van der Waals surface area contributed by atoms with Crippen LogP contribution >= 0.6 is 27.7 Å². The summed E-state index contributed by atoms with van der Waals surface area (Å²) < 4.78 is 6.60. The van der Waals surface area contributed by atoms with E-state index in [9.17, 15) is 0 Å². The van der Waals surface area contributed by atoms with Crippen LogP contribution in [0.2, 0.25) is 0 Å². The van der Waals surface area contributed by atoms with E-state index in [4.69, 9.17) is 4.74 Å². The molecular formula is C13H18BrNOS. The molecule has 1 aliphatic rings. The standard InChI is InChI=1S/C13H18BrNOS/c1-15-9-10-2-3-13(12(14)8-10)17-11-4-6-16-7-5-11/h2-3,8,11,15H,4-7,9H2,1H3. The molecule has 1 aromatic carbocycles. The molecule has 2 nitrogen and oxygen atoms in total. The molecule has 0 atom stereocenters. The summed E-state index contributed by atoms with van der Waals surface area (Å²) in [5, 5.41) is 3.87. The maximum atomic E-state index is 5.39. The molecule has 1 aliphatic heterocycles. The summed E-state index contributed by atoms with van der Waals surface area (Å²) in [6.45, 7) is 2.74. The molecule has 0 saturated carbocycles. The number of ether oxygens (including phenoxy) is 1. The minimum atomic E-state index is 0.704. The summed E-state index contributed by atoms with van der Waals surface area (Å²) in [6.07, 6.45) is 2.32. The highest BCUT2D eigenvalue weighted by molar-refractivity contribution is 9.10. The Balaban J connectivity index is 2.00. The van der Waals surface area contributed by atoms with E-state index in [2.05, 4.69) is 39.4 Å². The van der Waals surface area contributed by atoms with Crippen molar-refractivity contribution >= 4 is 27.7 Å². The van der Waals surface area contributed by atoms with Crippen LogP contribution in [0.5, 0.6) is 0 Å². The number of thioether (sulfide) groups is 1. The van der Waals surface area contributed by atoms with Crippen molar-refractivity contribution in [2.24, 2.45) is 0 Å². The van der Waals surface area contributed by atoms with Crippen LogP contribution in [0.15, 0.2) is 27.6 Å². The van der Waals surface area contributed by atoms with E-state index >= 15 is 0 Å². The van der Waals surface area contributed by atoms with Gasteiger partial charge in [-0.25, -0.2) is 0 Å². The number of nitrogens with one attached hydrogen (secondary N) is 1. The van der Waals surface area contributed by atoms with Gasteiger partial charge in [-0.3, -0.25) is 0 Å². The van der Waals surface area contributed by atoms with Crippen molar-refractivity contribution in [3.05, 3.63) is 28.2 Å². The number of hydrogen-bond donors (Lipinski definition) is 1. The first-order valence-corrected chi connectivity index (χ1v) is 7.64. The molecule has 0 radical (unpaired) electrons. The summed E-state index contributed by atoms with van der Waals surface area (Å²) in [5.74, 6) is 0. The highest BCUT2D eigenvalue weighted by Crippen LogP contribution is 2.35. The first-order chi connectivity index (χ1) is 8.29. The van der Waals surface area contributed by atoms with Gasteiger partial charge in [0.05, 0.1) is 0 Å². The lowest BCUT2D eigenvalue weighted by molar-refractivity contribution is 0.100. The molecule has 17 heavy (non-hydrogen) atoms. The van der Waals surface area contributed by atoms with Crippen molar-refractivity contribution in [3.8, 4) is 0 Å². The minimum absolute atomic E-state index is 0.704. The van der Waals surface area contributed by atoms with Crippen molar-refractivity contribution in [2.75, 3.05) is 20.3 Å². The molecule has 1 fully saturated rings. The Morgan fingerprint density at radius 3 is 2.82 bits per heavy atom. The predicted molar refractivity (Wildman–Crippen MR) is 76.6 cm³/mol. The second-order valence-electron chi connectivity index (χ2n) is 4.22. The molecule has 0 amide bonds. The summed E-state index contributed by atoms with van der Waals surface area (Å²) in [4.78, 5) is 1.34. The Hall–Kier alpha value is -0.0300. The summed E-state index contributed by atoms with van der Waals surface area (Å²) >= 11 is 5.63.